The molecular formula is C8H5LiO2. The van der Waals surface area contributed by atoms with Gasteiger partial charge in [-0.2, -0.15) is 0 Å². The second-order valence-electron chi connectivity index (χ2n) is 2.14. The van der Waals surface area contributed by atoms with Crippen molar-refractivity contribution >= 4 is 0 Å². The molecule has 1 aliphatic heterocycles. The van der Waals surface area contributed by atoms with Crippen LogP contribution in [-0.2, 0) is 0 Å². The van der Waals surface area contributed by atoms with E-state index >= 15 is 0 Å². The molecule has 0 aromatic carbocycles. The fourth-order valence-electron chi connectivity index (χ4n) is 0.969. The van der Waals surface area contributed by atoms with Crippen LogP contribution in [0.3, 0.4) is 0 Å². The Labute approximate surface area is 76.4 Å². The molecule has 3 heteroatoms. The molecule has 1 heterocycles. The summed E-state index contributed by atoms with van der Waals surface area (Å²) < 4.78 is 4.64. The van der Waals surface area contributed by atoms with Crippen LogP contribution in [0.2, 0.25) is 0 Å². The Hall–Kier alpha value is -0.843. The molecule has 0 N–H and O–H groups in total. The maximum Gasteiger partial charge on any atom is 1.00 e. The van der Waals surface area contributed by atoms with E-state index in [1.54, 1.807) is 0 Å². The first-order valence-electron chi connectivity index (χ1n) is 3.00. The molecule has 0 bridgehead atoms. The van der Waals surface area contributed by atoms with E-state index in [0.717, 1.165) is 11.1 Å². The minimum absolute atomic E-state index is 0. The smallest absolute Gasteiger partial charge is 0.587 e. The molecule has 0 fully saturated rings. The fourth-order valence-corrected chi connectivity index (χ4v) is 0.969. The SMILES string of the molecule is [Li+].[O-]c1cc2cccc-2co1. The van der Waals surface area contributed by atoms with Gasteiger partial charge in [0.1, 0.15) is 0 Å². The Morgan fingerprint density at radius 1 is 1.18 bits per heavy atom. The van der Waals surface area contributed by atoms with Crippen LogP contribution >= 0.6 is 0 Å². The molecule has 0 unspecified atom stereocenters. The van der Waals surface area contributed by atoms with Gasteiger partial charge in [0.2, 0.25) is 0 Å². The van der Waals surface area contributed by atoms with Crippen molar-refractivity contribution in [2.24, 2.45) is 0 Å². The van der Waals surface area contributed by atoms with Crippen LogP contribution < -0.4 is 24.0 Å². The van der Waals surface area contributed by atoms with Crippen molar-refractivity contribution in [3.8, 4) is 17.1 Å². The van der Waals surface area contributed by atoms with E-state index in [9.17, 15) is 5.11 Å². The molecule has 0 saturated heterocycles. The molecule has 0 aromatic rings. The monoisotopic (exact) mass is 140 g/mol. The van der Waals surface area contributed by atoms with Crippen molar-refractivity contribution in [3.05, 3.63) is 30.5 Å². The summed E-state index contributed by atoms with van der Waals surface area (Å²) in [6.07, 6.45) is 1.47. The summed E-state index contributed by atoms with van der Waals surface area (Å²) in [5.74, 6) is -0.293. The summed E-state index contributed by atoms with van der Waals surface area (Å²) in [5, 5.41) is 10.6. The zero-order valence-electron chi connectivity index (χ0n) is 6.20. The van der Waals surface area contributed by atoms with Gasteiger partial charge in [-0.15, -0.1) is 0 Å². The normalized spacial score (nSPS) is 9.45. The third kappa shape index (κ3) is 1.42. The van der Waals surface area contributed by atoms with Gasteiger partial charge in [-0.1, -0.05) is 18.2 Å². The van der Waals surface area contributed by atoms with Crippen molar-refractivity contribution in [1.29, 1.82) is 0 Å². The molecule has 11 heavy (non-hydrogen) atoms. The zero-order valence-corrected chi connectivity index (χ0v) is 6.20. The van der Waals surface area contributed by atoms with Gasteiger partial charge in [-0.25, -0.2) is 0 Å². The Morgan fingerprint density at radius 2 is 1.91 bits per heavy atom. The Kier molecular flexibility index (Phi) is 2.28. The third-order valence-corrected chi connectivity index (χ3v) is 1.46. The van der Waals surface area contributed by atoms with E-state index in [0.29, 0.717) is 0 Å². The standard InChI is InChI=1S/C8H6O2.Li/c9-8-4-6-2-1-3-7(6)5-10-8;/h1-5,9H;/q;+1/p-1. The minimum Gasteiger partial charge on any atom is -0.587 e. The van der Waals surface area contributed by atoms with E-state index in [1.807, 2.05) is 18.2 Å². The van der Waals surface area contributed by atoms with Crippen molar-refractivity contribution < 1.29 is 28.4 Å². The number of fused-ring (bicyclic) bond motifs is 1. The topological polar surface area (TPSA) is 36.2 Å². The first-order chi connectivity index (χ1) is 4.86. The predicted molar refractivity (Wildman–Crippen MR) is 34.8 cm³/mol. The van der Waals surface area contributed by atoms with E-state index in [2.05, 4.69) is 4.42 Å². The van der Waals surface area contributed by atoms with Gasteiger partial charge in [0.05, 0.1) is 5.95 Å². The molecule has 0 amide bonds. The zero-order chi connectivity index (χ0) is 6.97. The summed E-state index contributed by atoms with van der Waals surface area (Å²) >= 11 is 0. The van der Waals surface area contributed by atoms with Crippen molar-refractivity contribution in [3.63, 3.8) is 0 Å². The van der Waals surface area contributed by atoms with E-state index < -0.39 is 0 Å². The van der Waals surface area contributed by atoms with Gasteiger partial charge in [-0.3, -0.25) is 0 Å². The largest absolute Gasteiger partial charge is 1.00 e. The van der Waals surface area contributed by atoms with Crippen LogP contribution in [0.4, 0.5) is 0 Å². The van der Waals surface area contributed by atoms with Crippen molar-refractivity contribution in [1.82, 2.24) is 0 Å². The molecule has 0 spiro atoms. The summed E-state index contributed by atoms with van der Waals surface area (Å²) in [7, 11) is 0. The molecule has 2 aliphatic rings. The van der Waals surface area contributed by atoms with Gasteiger partial charge in [0.15, 0.2) is 0 Å². The van der Waals surface area contributed by atoms with E-state index in [4.69, 9.17) is 0 Å². The molecule has 2 rings (SSSR count). The maximum atomic E-state index is 10.6. The molecule has 50 valence electrons. The average molecular weight is 140 g/mol. The number of rotatable bonds is 0. The first kappa shape index (κ1) is 8.26. The van der Waals surface area contributed by atoms with Crippen molar-refractivity contribution in [2.75, 3.05) is 0 Å². The van der Waals surface area contributed by atoms with Crippen molar-refractivity contribution in [2.45, 2.75) is 0 Å². The van der Waals surface area contributed by atoms with E-state index in [-0.39, 0.29) is 24.8 Å². The van der Waals surface area contributed by atoms with Gasteiger partial charge in [0, 0.05) is 0 Å². The van der Waals surface area contributed by atoms with E-state index in [1.165, 1.54) is 12.3 Å². The Balaban J connectivity index is 0.000000605. The van der Waals surface area contributed by atoms with Gasteiger partial charge < -0.3 is 9.52 Å². The Bertz CT molecular complexity index is 316. The number of hydrogen-bond donors (Lipinski definition) is 0. The summed E-state index contributed by atoms with van der Waals surface area (Å²) in [6.45, 7) is 0. The quantitative estimate of drug-likeness (QED) is 0.416. The van der Waals surface area contributed by atoms with Gasteiger partial charge in [-0.05, 0) is 23.5 Å². The molecule has 0 aromatic heterocycles. The maximum absolute atomic E-state index is 10.6. The molecule has 2 nitrogen and oxygen atoms in total. The van der Waals surface area contributed by atoms with Crippen LogP contribution in [0, 0.1) is 0 Å². The second-order valence-corrected chi connectivity index (χ2v) is 2.14. The predicted octanol–water partition coefficient (Wildman–Crippen LogP) is -1.54. The molecule has 0 saturated carbocycles. The fraction of sp³-hybridized carbons (Fsp3) is 0. The van der Waals surface area contributed by atoms with Gasteiger partial charge >= 0.3 is 18.9 Å². The van der Waals surface area contributed by atoms with Crippen LogP contribution in [0.1, 0.15) is 0 Å². The summed E-state index contributed by atoms with van der Waals surface area (Å²) in [4.78, 5) is 0. The van der Waals surface area contributed by atoms with Crippen LogP contribution in [0.25, 0.3) is 11.1 Å². The van der Waals surface area contributed by atoms with Crippen LogP contribution in [-0.4, -0.2) is 0 Å². The van der Waals surface area contributed by atoms with Gasteiger partial charge in [0.25, 0.3) is 0 Å². The minimum atomic E-state index is -0.293. The first-order valence-corrected chi connectivity index (χ1v) is 3.00. The third-order valence-electron chi connectivity index (χ3n) is 1.46. The molecule has 0 radical (unpaired) electrons. The second kappa shape index (κ2) is 3.04. The van der Waals surface area contributed by atoms with Crippen LogP contribution in [0.15, 0.2) is 34.9 Å². The molecule has 1 aliphatic carbocycles. The van der Waals surface area contributed by atoms with Crippen LogP contribution in [0.5, 0.6) is 5.95 Å². The molecular weight excluding hydrogens is 135 g/mol. The average Bonchev–Trinajstić information content (AvgIpc) is 2.33. The number of hydrogen-bond acceptors (Lipinski definition) is 2. The Morgan fingerprint density at radius 3 is 2.73 bits per heavy atom. The summed E-state index contributed by atoms with van der Waals surface area (Å²) in [5.41, 5.74) is 1.91. The summed E-state index contributed by atoms with van der Waals surface area (Å²) in [6, 6.07) is 7.15. The molecule has 0 atom stereocenters.